The number of alkyl halides is 3. The maximum absolute atomic E-state index is 12.1. The van der Waals surface area contributed by atoms with Crippen molar-refractivity contribution in [3.63, 3.8) is 0 Å². The maximum atomic E-state index is 12.1. The van der Waals surface area contributed by atoms with Crippen LogP contribution in [0.4, 0.5) is 13.2 Å². The molecule has 2 atom stereocenters. The van der Waals surface area contributed by atoms with E-state index in [-0.39, 0.29) is 5.91 Å². The number of hydrogen-bond donors (Lipinski definition) is 1. The van der Waals surface area contributed by atoms with Gasteiger partial charge >= 0.3 is 6.18 Å². The highest BCUT2D eigenvalue weighted by atomic mass is 19.4. The molecule has 1 aliphatic heterocycles. The van der Waals surface area contributed by atoms with Gasteiger partial charge in [0.1, 0.15) is 0 Å². The third-order valence-corrected chi connectivity index (χ3v) is 2.86. The van der Waals surface area contributed by atoms with Crippen LogP contribution in [0.5, 0.6) is 0 Å². The zero-order valence-corrected chi connectivity index (χ0v) is 10.2. The van der Waals surface area contributed by atoms with Gasteiger partial charge in [0.05, 0.1) is 12.5 Å². The highest BCUT2D eigenvalue weighted by Crippen LogP contribution is 2.21. The van der Waals surface area contributed by atoms with E-state index in [1.165, 1.54) is 6.92 Å². The van der Waals surface area contributed by atoms with Crippen molar-refractivity contribution in [2.24, 2.45) is 0 Å². The van der Waals surface area contributed by atoms with E-state index in [1.807, 2.05) is 0 Å². The molecule has 1 N–H and O–H groups in total. The molecule has 1 rings (SSSR count). The number of rotatable bonds is 4. The van der Waals surface area contributed by atoms with Crippen molar-refractivity contribution < 1.29 is 18.0 Å². The van der Waals surface area contributed by atoms with E-state index in [1.54, 1.807) is 11.8 Å². The van der Waals surface area contributed by atoms with Crippen molar-refractivity contribution >= 4 is 5.91 Å². The zero-order valence-electron chi connectivity index (χ0n) is 10.2. The maximum Gasteiger partial charge on any atom is 0.390 e. The van der Waals surface area contributed by atoms with Crippen molar-refractivity contribution in [1.82, 2.24) is 10.2 Å². The van der Waals surface area contributed by atoms with Crippen LogP contribution in [0.15, 0.2) is 0 Å². The Balaban J connectivity index is 2.37. The minimum absolute atomic E-state index is 0.100. The van der Waals surface area contributed by atoms with Crippen molar-refractivity contribution in [3.05, 3.63) is 0 Å². The monoisotopic (exact) mass is 252 g/mol. The molecular formula is C11H19F3N2O. The number of carbonyl (C=O) groups is 1. The number of nitrogens with one attached hydrogen (secondary N) is 1. The van der Waals surface area contributed by atoms with Gasteiger partial charge in [-0.3, -0.25) is 4.79 Å². The summed E-state index contributed by atoms with van der Waals surface area (Å²) in [6, 6.07) is -1.29. The van der Waals surface area contributed by atoms with Crippen molar-refractivity contribution in [2.45, 2.75) is 51.4 Å². The lowest BCUT2D eigenvalue weighted by molar-refractivity contribution is -0.142. The highest BCUT2D eigenvalue weighted by molar-refractivity contribution is 5.81. The molecular weight excluding hydrogens is 233 g/mol. The SMILES string of the molecule is CC(CC(F)(F)F)NC(C)C(=O)N1CCCC1. The van der Waals surface area contributed by atoms with Crippen molar-refractivity contribution in [2.75, 3.05) is 13.1 Å². The van der Waals surface area contributed by atoms with Gasteiger partial charge in [-0.1, -0.05) is 0 Å². The second-order valence-corrected chi connectivity index (χ2v) is 4.64. The molecule has 1 aliphatic rings. The molecule has 6 heteroatoms. The molecule has 0 radical (unpaired) electrons. The predicted molar refractivity (Wildman–Crippen MR) is 58.5 cm³/mol. The van der Waals surface area contributed by atoms with E-state index >= 15 is 0 Å². The first-order valence-corrected chi connectivity index (χ1v) is 5.91. The summed E-state index contributed by atoms with van der Waals surface area (Å²) in [6.07, 6.45) is -3.14. The summed E-state index contributed by atoms with van der Waals surface area (Å²) in [4.78, 5) is 13.5. The Labute approximate surface area is 99.4 Å². The second-order valence-electron chi connectivity index (χ2n) is 4.64. The molecule has 1 amide bonds. The number of halogens is 3. The van der Waals surface area contributed by atoms with Crippen LogP contribution < -0.4 is 5.32 Å². The Morgan fingerprint density at radius 2 is 1.82 bits per heavy atom. The van der Waals surface area contributed by atoms with Crippen LogP contribution in [0.1, 0.15) is 33.1 Å². The molecule has 0 aromatic carbocycles. The van der Waals surface area contributed by atoms with Crippen LogP contribution in [0.2, 0.25) is 0 Å². The summed E-state index contributed by atoms with van der Waals surface area (Å²) in [6.45, 7) is 4.51. The lowest BCUT2D eigenvalue weighted by Gasteiger charge is -2.24. The molecule has 3 nitrogen and oxygen atoms in total. The average Bonchev–Trinajstić information content (AvgIpc) is 2.65. The van der Waals surface area contributed by atoms with E-state index in [2.05, 4.69) is 5.32 Å². The van der Waals surface area contributed by atoms with Gasteiger partial charge in [-0.05, 0) is 26.7 Å². The molecule has 2 unspecified atom stereocenters. The molecule has 0 aromatic heterocycles. The molecule has 1 fully saturated rings. The van der Waals surface area contributed by atoms with Crippen LogP contribution in [0, 0.1) is 0 Å². The lowest BCUT2D eigenvalue weighted by Crippen LogP contribution is -2.47. The fraction of sp³-hybridized carbons (Fsp3) is 0.909. The molecule has 0 aromatic rings. The summed E-state index contributed by atoms with van der Waals surface area (Å²) in [5.41, 5.74) is 0. The number of nitrogens with zero attached hydrogens (tertiary/aromatic N) is 1. The average molecular weight is 252 g/mol. The molecule has 0 spiro atoms. The third-order valence-electron chi connectivity index (χ3n) is 2.86. The summed E-state index contributed by atoms with van der Waals surface area (Å²) in [5.74, 6) is -0.100. The number of hydrogen-bond acceptors (Lipinski definition) is 2. The summed E-state index contributed by atoms with van der Waals surface area (Å²) in [5, 5.41) is 2.70. The Morgan fingerprint density at radius 1 is 1.29 bits per heavy atom. The molecule has 1 saturated heterocycles. The topological polar surface area (TPSA) is 32.3 Å². The van der Waals surface area contributed by atoms with Crippen LogP contribution >= 0.6 is 0 Å². The van der Waals surface area contributed by atoms with Gasteiger partial charge in [-0.25, -0.2) is 0 Å². The van der Waals surface area contributed by atoms with Crippen LogP contribution in [-0.2, 0) is 4.79 Å². The molecule has 17 heavy (non-hydrogen) atoms. The van der Waals surface area contributed by atoms with Crippen molar-refractivity contribution in [3.8, 4) is 0 Å². The first-order valence-electron chi connectivity index (χ1n) is 5.91. The highest BCUT2D eigenvalue weighted by Gasteiger charge is 2.32. The van der Waals surface area contributed by atoms with Gasteiger partial charge in [0.15, 0.2) is 0 Å². The first-order chi connectivity index (χ1) is 7.79. The Hall–Kier alpha value is -0.780. The van der Waals surface area contributed by atoms with Crippen LogP contribution in [-0.4, -0.2) is 42.2 Å². The van der Waals surface area contributed by atoms with Gasteiger partial charge in [0.2, 0.25) is 5.91 Å². The Bertz CT molecular complexity index is 262. The summed E-state index contributed by atoms with van der Waals surface area (Å²) in [7, 11) is 0. The van der Waals surface area contributed by atoms with E-state index in [0.717, 1.165) is 25.9 Å². The molecule has 1 heterocycles. The smallest absolute Gasteiger partial charge is 0.341 e. The molecule has 0 saturated carbocycles. The van der Waals surface area contributed by atoms with Gasteiger partial charge in [-0.2, -0.15) is 13.2 Å². The number of amides is 1. The lowest BCUT2D eigenvalue weighted by atomic mass is 10.2. The van der Waals surface area contributed by atoms with E-state index in [9.17, 15) is 18.0 Å². The summed E-state index contributed by atoms with van der Waals surface area (Å²) < 4.78 is 36.4. The fourth-order valence-corrected chi connectivity index (χ4v) is 2.12. The molecule has 0 bridgehead atoms. The fourth-order valence-electron chi connectivity index (χ4n) is 2.12. The molecule has 100 valence electrons. The molecule has 0 aliphatic carbocycles. The number of carbonyl (C=O) groups excluding carboxylic acids is 1. The van der Waals surface area contributed by atoms with E-state index < -0.39 is 24.7 Å². The van der Waals surface area contributed by atoms with Crippen molar-refractivity contribution in [1.29, 1.82) is 0 Å². The largest absolute Gasteiger partial charge is 0.390 e. The van der Waals surface area contributed by atoms with Gasteiger partial charge in [0.25, 0.3) is 0 Å². The first kappa shape index (κ1) is 14.3. The van der Waals surface area contributed by atoms with Gasteiger partial charge in [0, 0.05) is 19.1 Å². The third kappa shape index (κ3) is 4.93. The normalized spacial score (nSPS) is 20.4. The van der Waals surface area contributed by atoms with E-state index in [4.69, 9.17) is 0 Å². The van der Waals surface area contributed by atoms with Crippen LogP contribution in [0.3, 0.4) is 0 Å². The van der Waals surface area contributed by atoms with Gasteiger partial charge < -0.3 is 10.2 Å². The Kier molecular flexibility index (Phi) is 4.80. The Morgan fingerprint density at radius 3 is 2.29 bits per heavy atom. The summed E-state index contributed by atoms with van der Waals surface area (Å²) >= 11 is 0. The zero-order chi connectivity index (χ0) is 13.1. The number of likely N-dealkylation sites (tertiary alicyclic amines) is 1. The quantitative estimate of drug-likeness (QED) is 0.829. The second kappa shape index (κ2) is 5.71. The predicted octanol–water partition coefficient (Wildman–Crippen LogP) is 1.93. The van der Waals surface area contributed by atoms with Gasteiger partial charge in [-0.15, -0.1) is 0 Å². The van der Waals surface area contributed by atoms with E-state index in [0.29, 0.717) is 0 Å². The minimum Gasteiger partial charge on any atom is -0.341 e. The minimum atomic E-state index is -4.19. The standard InChI is InChI=1S/C11H19F3N2O/c1-8(7-11(12,13)14)15-9(2)10(17)16-5-3-4-6-16/h8-9,15H,3-7H2,1-2H3. The van der Waals surface area contributed by atoms with Crippen LogP contribution in [0.25, 0.3) is 0 Å².